The summed E-state index contributed by atoms with van der Waals surface area (Å²) in [5.74, 6) is -1.10. The van der Waals surface area contributed by atoms with Gasteiger partial charge in [0.05, 0.1) is 16.9 Å². The Bertz CT molecular complexity index is 1110. The number of nitrogens with zero attached hydrogens (tertiary/aromatic N) is 2. The van der Waals surface area contributed by atoms with E-state index in [2.05, 4.69) is 26.2 Å². The van der Waals surface area contributed by atoms with E-state index in [4.69, 9.17) is 0 Å². The number of carbonyl (C=O) groups is 2. The van der Waals surface area contributed by atoms with E-state index >= 15 is 0 Å². The molecule has 29 heavy (non-hydrogen) atoms. The van der Waals surface area contributed by atoms with Crippen molar-refractivity contribution in [2.45, 2.75) is 16.3 Å². The van der Waals surface area contributed by atoms with Crippen molar-refractivity contribution < 1.29 is 14.0 Å². The second-order valence-corrected chi connectivity index (χ2v) is 8.25. The number of hydrogen-bond acceptors (Lipinski definition) is 4. The van der Waals surface area contributed by atoms with E-state index in [0.29, 0.717) is 20.7 Å². The normalized spacial score (nSPS) is 12.8. The van der Waals surface area contributed by atoms with Crippen molar-refractivity contribution in [2.24, 2.45) is 0 Å². The lowest BCUT2D eigenvalue weighted by atomic mass is 10.1. The zero-order valence-corrected chi connectivity index (χ0v) is 17.5. The van der Waals surface area contributed by atoms with Crippen molar-refractivity contribution >= 4 is 50.9 Å². The summed E-state index contributed by atoms with van der Waals surface area (Å²) in [6.07, 6.45) is 1.69. The molecule has 0 aliphatic carbocycles. The van der Waals surface area contributed by atoms with E-state index in [1.165, 1.54) is 23.9 Å². The van der Waals surface area contributed by atoms with Gasteiger partial charge in [0.2, 0.25) is 5.91 Å². The molecule has 0 saturated heterocycles. The first-order chi connectivity index (χ1) is 14.0. The lowest BCUT2D eigenvalue weighted by Gasteiger charge is -2.22. The van der Waals surface area contributed by atoms with Gasteiger partial charge in [-0.15, -0.1) is 0 Å². The molecule has 0 unspecified atom stereocenters. The number of aromatic nitrogens is 1. The fourth-order valence-corrected chi connectivity index (χ4v) is 4.35. The molecule has 0 radical (unpaired) electrons. The van der Waals surface area contributed by atoms with Crippen LogP contribution in [0.25, 0.3) is 0 Å². The van der Waals surface area contributed by atoms with Gasteiger partial charge in [-0.25, -0.2) is 9.37 Å². The molecule has 1 aromatic heterocycles. The third-order valence-electron chi connectivity index (χ3n) is 4.38. The van der Waals surface area contributed by atoms with Gasteiger partial charge in [0.1, 0.15) is 10.8 Å². The number of halogens is 2. The van der Waals surface area contributed by atoms with Crippen LogP contribution < -0.4 is 10.2 Å². The van der Waals surface area contributed by atoms with Crippen LogP contribution in [0.15, 0.2) is 75.2 Å². The summed E-state index contributed by atoms with van der Waals surface area (Å²) in [6.45, 7) is 0.149. The lowest BCUT2D eigenvalue weighted by Crippen LogP contribution is -2.34. The van der Waals surface area contributed by atoms with Crippen molar-refractivity contribution in [3.63, 3.8) is 0 Å². The smallest absolute Gasteiger partial charge is 0.259 e. The Kier molecular flexibility index (Phi) is 5.64. The third-order valence-corrected chi connectivity index (χ3v) is 5.96. The standard InChI is InChI=1S/C21H15BrFN3O2S/c22-13-7-8-16(15(23)12-13)25-19(27)9-11-26-17-5-3-10-24-20(17)29-18-6-2-1-4-14(18)21(26)28/h1-8,10,12H,9,11H2,(H,25,27). The van der Waals surface area contributed by atoms with E-state index in [-0.39, 0.29) is 30.5 Å². The van der Waals surface area contributed by atoms with Gasteiger partial charge < -0.3 is 10.2 Å². The van der Waals surface area contributed by atoms with Gasteiger partial charge in [0.15, 0.2) is 0 Å². The van der Waals surface area contributed by atoms with E-state index < -0.39 is 5.82 Å². The number of anilines is 2. The number of nitrogens with one attached hydrogen (secondary N) is 1. The fraction of sp³-hybridized carbons (Fsp3) is 0.0952. The highest BCUT2D eigenvalue weighted by atomic mass is 79.9. The molecule has 1 aliphatic heterocycles. The largest absolute Gasteiger partial charge is 0.324 e. The van der Waals surface area contributed by atoms with Gasteiger partial charge in [0.25, 0.3) is 5.91 Å². The van der Waals surface area contributed by atoms with Gasteiger partial charge in [-0.1, -0.05) is 39.8 Å². The molecule has 1 aliphatic rings. The maximum atomic E-state index is 14.0. The molecule has 1 N–H and O–H groups in total. The maximum Gasteiger partial charge on any atom is 0.259 e. The first-order valence-corrected chi connectivity index (χ1v) is 10.4. The summed E-state index contributed by atoms with van der Waals surface area (Å²) < 4.78 is 14.6. The minimum Gasteiger partial charge on any atom is -0.324 e. The van der Waals surface area contributed by atoms with Crippen LogP contribution in [0.5, 0.6) is 0 Å². The molecule has 0 bridgehead atoms. The van der Waals surface area contributed by atoms with Gasteiger partial charge in [0, 0.05) is 28.5 Å². The molecule has 0 spiro atoms. The highest BCUT2D eigenvalue weighted by molar-refractivity contribution is 9.10. The second-order valence-electron chi connectivity index (χ2n) is 6.31. The van der Waals surface area contributed by atoms with Gasteiger partial charge in [-0.3, -0.25) is 9.59 Å². The number of fused-ring (bicyclic) bond motifs is 2. The van der Waals surface area contributed by atoms with Crippen LogP contribution in [0, 0.1) is 5.82 Å². The van der Waals surface area contributed by atoms with Crippen LogP contribution in [0.3, 0.4) is 0 Å². The van der Waals surface area contributed by atoms with Crippen LogP contribution in [0.4, 0.5) is 15.8 Å². The fourth-order valence-electron chi connectivity index (χ4n) is 3.00. The molecule has 0 atom stereocenters. The number of hydrogen-bond donors (Lipinski definition) is 1. The van der Waals surface area contributed by atoms with E-state index in [0.717, 1.165) is 4.90 Å². The van der Waals surface area contributed by atoms with Crippen molar-refractivity contribution in [2.75, 3.05) is 16.8 Å². The average molecular weight is 472 g/mol. The molecule has 2 heterocycles. The monoisotopic (exact) mass is 471 g/mol. The van der Waals surface area contributed by atoms with Crippen molar-refractivity contribution in [1.29, 1.82) is 0 Å². The van der Waals surface area contributed by atoms with Crippen molar-refractivity contribution in [3.8, 4) is 0 Å². The van der Waals surface area contributed by atoms with E-state index in [9.17, 15) is 14.0 Å². The number of carbonyl (C=O) groups excluding carboxylic acids is 2. The van der Waals surface area contributed by atoms with Crippen LogP contribution in [-0.2, 0) is 4.79 Å². The summed E-state index contributed by atoms with van der Waals surface area (Å²) in [4.78, 5) is 32.3. The van der Waals surface area contributed by atoms with E-state index in [1.807, 2.05) is 24.3 Å². The first-order valence-electron chi connectivity index (χ1n) is 8.81. The van der Waals surface area contributed by atoms with Gasteiger partial charge in [-0.05, 0) is 42.5 Å². The Morgan fingerprint density at radius 2 is 2.00 bits per heavy atom. The van der Waals surface area contributed by atoms with E-state index in [1.54, 1.807) is 29.3 Å². The van der Waals surface area contributed by atoms with Crippen LogP contribution >= 0.6 is 27.7 Å². The van der Waals surface area contributed by atoms with Crippen molar-refractivity contribution in [3.05, 3.63) is 76.6 Å². The average Bonchev–Trinajstić information content (AvgIpc) is 2.83. The van der Waals surface area contributed by atoms with Crippen LogP contribution in [-0.4, -0.2) is 23.3 Å². The summed E-state index contributed by atoms with van der Waals surface area (Å²) >= 11 is 4.61. The SMILES string of the molecule is O=C(CCN1C(=O)c2ccccc2Sc2ncccc21)Nc1ccc(Br)cc1F. The number of amides is 2. The van der Waals surface area contributed by atoms with Gasteiger partial charge in [-0.2, -0.15) is 0 Å². The molecule has 5 nitrogen and oxygen atoms in total. The Morgan fingerprint density at radius 1 is 1.17 bits per heavy atom. The minimum absolute atomic E-state index is 0.0163. The predicted molar refractivity (Wildman–Crippen MR) is 114 cm³/mol. The molecular weight excluding hydrogens is 457 g/mol. The molecule has 2 amide bonds. The van der Waals surface area contributed by atoms with Crippen LogP contribution in [0.2, 0.25) is 0 Å². The summed E-state index contributed by atoms with van der Waals surface area (Å²) in [7, 11) is 0. The number of pyridine rings is 1. The third kappa shape index (κ3) is 4.18. The lowest BCUT2D eigenvalue weighted by molar-refractivity contribution is -0.116. The second kappa shape index (κ2) is 8.34. The van der Waals surface area contributed by atoms with Crippen molar-refractivity contribution in [1.82, 2.24) is 4.98 Å². The Hall–Kier alpha value is -2.71. The Labute approximate surface area is 179 Å². The zero-order chi connectivity index (χ0) is 20.4. The Balaban J connectivity index is 1.55. The predicted octanol–water partition coefficient (Wildman–Crippen LogP) is 5.12. The topological polar surface area (TPSA) is 62.3 Å². The molecule has 3 aromatic rings. The first kappa shape index (κ1) is 19.6. The minimum atomic E-state index is -0.529. The summed E-state index contributed by atoms with van der Waals surface area (Å²) in [5.41, 5.74) is 1.32. The van der Waals surface area contributed by atoms with Crippen LogP contribution in [0.1, 0.15) is 16.8 Å². The maximum absolute atomic E-state index is 14.0. The molecule has 8 heteroatoms. The summed E-state index contributed by atoms with van der Waals surface area (Å²) in [5, 5.41) is 3.26. The number of benzene rings is 2. The highest BCUT2D eigenvalue weighted by Crippen LogP contribution is 2.39. The molecule has 0 saturated carbocycles. The summed E-state index contributed by atoms with van der Waals surface area (Å²) in [6, 6.07) is 15.3. The highest BCUT2D eigenvalue weighted by Gasteiger charge is 2.28. The van der Waals surface area contributed by atoms with Gasteiger partial charge >= 0.3 is 0 Å². The zero-order valence-electron chi connectivity index (χ0n) is 15.1. The Morgan fingerprint density at radius 3 is 2.83 bits per heavy atom. The quantitative estimate of drug-likeness (QED) is 0.573. The molecular formula is C21H15BrFN3O2S. The molecule has 4 rings (SSSR count). The molecule has 146 valence electrons. The molecule has 0 fully saturated rings. The molecule has 2 aromatic carbocycles. The number of rotatable bonds is 4.